The molecule has 134 valence electrons. The number of benzene rings is 2. The predicted molar refractivity (Wildman–Crippen MR) is 106 cm³/mol. The van der Waals surface area contributed by atoms with Crippen LogP contribution in [-0.2, 0) is 13.1 Å². The van der Waals surface area contributed by atoms with E-state index in [1.165, 1.54) is 11.1 Å². The summed E-state index contributed by atoms with van der Waals surface area (Å²) in [4.78, 5) is 6.87. The highest BCUT2D eigenvalue weighted by Gasteiger charge is 2.07. The van der Waals surface area contributed by atoms with Gasteiger partial charge in [-0.25, -0.2) is 0 Å². The average molecular weight is 338 g/mol. The zero-order valence-electron chi connectivity index (χ0n) is 15.4. The van der Waals surface area contributed by atoms with E-state index in [0.29, 0.717) is 12.0 Å². The van der Waals surface area contributed by atoms with Gasteiger partial charge < -0.3 is 11.1 Å². The van der Waals surface area contributed by atoms with Crippen LogP contribution in [0.3, 0.4) is 0 Å². The first-order valence-electron chi connectivity index (χ1n) is 9.00. The number of aliphatic imine (C=N–C) groups is 1. The summed E-state index contributed by atoms with van der Waals surface area (Å²) in [6.07, 6.45) is 0.986. The Morgan fingerprint density at radius 3 is 1.96 bits per heavy atom. The number of nitrogens with two attached hydrogens (primary N) is 1. The molecule has 0 aliphatic rings. The Balaban J connectivity index is 1.90. The Labute approximate surface area is 151 Å². The van der Waals surface area contributed by atoms with Crippen LogP contribution < -0.4 is 11.1 Å². The van der Waals surface area contributed by atoms with E-state index in [0.717, 1.165) is 32.6 Å². The van der Waals surface area contributed by atoms with Crippen LogP contribution in [0.25, 0.3) is 0 Å². The van der Waals surface area contributed by atoms with Gasteiger partial charge in [0, 0.05) is 32.2 Å². The molecule has 2 aromatic carbocycles. The Bertz CT molecular complexity index is 581. The van der Waals surface area contributed by atoms with Gasteiger partial charge in [-0.1, -0.05) is 60.7 Å². The zero-order chi connectivity index (χ0) is 17.9. The van der Waals surface area contributed by atoms with E-state index in [9.17, 15) is 0 Å². The van der Waals surface area contributed by atoms with Crippen molar-refractivity contribution in [1.29, 1.82) is 0 Å². The molecule has 0 spiro atoms. The third-order valence-corrected chi connectivity index (χ3v) is 3.85. The normalized spacial score (nSPS) is 11.9. The van der Waals surface area contributed by atoms with Crippen molar-refractivity contribution in [3.05, 3.63) is 71.8 Å². The first-order chi connectivity index (χ1) is 12.1. The summed E-state index contributed by atoms with van der Waals surface area (Å²) in [6, 6.07) is 21.5. The number of nitrogens with zero attached hydrogens (tertiary/aromatic N) is 2. The van der Waals surface area contributed by atoms with Crippen molar-refractivity contribution < 1.29 is 0 Å². The highest BCUT2D eigenvalue weighted by Crippen LogP contribution is 2.10. The van der Waals surface area contributed by atoms with Crippen LogP contribution in [-0.4, -0.2) is 30.0 Å². The van der Waals surface area contributed by atoms with E-state index >= 15 is 0 Å². The maximum Gasteiger partial charge on any atom is 0.188 e. The van der Waals surface area contributed by atoms with Gasteiger partial charge in [-0.3, -0.25) is 9.89 Å². The van der Waals surface area contributed by atoms with Crippen LogP contribution in [0.1, 0.15) is 31.4 Å². The van der Waals surface area contributed by atoms with Crippen LogP contribution in [0.2, 0.25) is 0 Å². The fraction of sp³-hybridized carbons (Fsp3) is 0.381. The lowest BCUT2D eigenvalue weighted by Gasteiger charge is -2.22. The highest BCUT2D eigenvalue weighted by molar-refractivity contribution is 5.78. The Morgan fingerprint density at radius 2 is 1.48 bits per heavy atom. The summed E-state index contributed by atoms with van der Waals surface area (Å²) < 4.78 is 0. The highest BCUT2D eigenvalue weighted by atomic mass is 15.1. The quantitative estimate of drug-likeness (QED) is 0.419. The van der Waals surface area contributed by atoms with E-state index in [4.69, 9.17) is 5.73 Å². The molecule has 0 unspecified atom stereocenters. The van der Waals surface area contributed by atoms with Gasteiger partial charge in [0.25, 0.3) is 0 Å². The molecule has 0 aliphatic heterocycles. The van der Waals surface area contributed by atoms with Crippen molar-refractivity contribution in [3.63, 3.8) is 0 Å². The fourth-order valence-electron chi connectivity index (χ4n) is 2.73. The molecule has 0 heterocycles. The molecule has 2 aromatic rings. The minimum absolute atomic E-state index is 0.316. The Kier molecular flexibility index (Phi) is 7.99. The lowest BCUT2D eigenvalue weighted by molar-refractivity contribution is 0.255. The van der Waals surface area contributed by atoms with Crippen LogP contribution in [0.5, 0.6) is 0 Å². The average Bonchev–Trinajstić information content (AvgIpc) is 2.60. The molecule has 0 saturated carbocycles. The summed E-state index contributed by atoms with van der Waals surface area (Å²) >= 11 is 0. The minimum Gasteiger partial charge on any atom is -0.370 e. The van der Waals surface area contributed by atoms with Gasteiger partial charge in [-0.15, -0.1) is 0 Å². The Hall–Kier alpha value is -2.33. The molecule has 3 N–H and O–H groups in total. The van der Waals surface area contributed by atoms with Crippen LogP contribution >= 0.6 is 0 Å². The molecule has 4 nitrogen and oxygen atoms in total. The number of nitrogens with one attached hydrogen (secondary N) is 1. The first-order valence-corrected chi connectivity index (χ1v) is 9.00. The van der Waals surface area contributed by atoms with Crippen molar-refractivity contribution in [1.82, 2.24) is 10.2 Å². The standard InChI is InChI=1S/C21H30N4/c1-18(2)24-21(22)23-14-9-15-25(16-19-10-5-3-6-11-19)17-20-12-7-4-8-13-20/h3-8,10-13,18H,9,14-17H2,1-2H3,(H3,22,23,24). The molecule has 0 saturated heterocycles. The molecule has 0 bridgehead atoms. The van der Waals surface area contributed by atoms with Gasteiger partial charge in [-0.05, 0) is 31.4 Å². The lowest BCUT2D eigenvalue weighted by atomic mass is 10.1. The molecule has 4 heteroatoms. The topological polar surface area (TPSA) is 53.6 Å². The summed E-state index contributed by atoms with van der Waals surface area (Å²) in [5.74, 6) is 0.535. The summed E-state index contributed by atoms with van der Waals surface area (Å²) in [7, 11) is 0. The van der Waals surface area contributed by atoms with Crippen molar-refractivity contribution in [3.8, 4) is 0 Å². The third-order valence-electron chi connectivity index (χ3n) is 3.85. The maximum atomic E-state index is 5.86. The van der Waals surface area contributed by atoms with Crippen molar-refractivity contribution >= 4 is 5.96 Å². The predicted octanol–water partition coefficient (Wildman–Crippen LogP) is 3.39. The first kappa shape index (κ1) is 19.0. The van der Waals surface area contributed by atoms with Crippen molar-refractivity contribution in [2.75, 3.05) is 13.1 Å². The molecule has 25 heavy (non-hydrogen) atoms. The monoisotopic (exact) mass is 338 g/mol. The van der Waals surface area contributed by atoms with Gasteiger partial charge in [0.15, 0.2) is 5.96 Å². The second-order valence-electron chi connectivity index (χ2n) is 6.60. The molecular weight excluding hydrogens is 308 g/mol. The van der Waals surface area contributed by atoms with Crippen LogP contribution in [0, 0.1) is 0 Å². The molecule has 0 aliphatic carbocycles. The fourth-order valence-corrected chi connectivity index (χ4v) is 2.73. The largest absolute Gasteiger partial charge is 0.370 e. The van der Waals surface area contributed by atoms with Gasteiger partial charge in [0.1, 0.15) is 0 Å². The van der Waals surface area contributed by atoms with Crippen LogP contribution in [0.15, 0.2) is 65.7 Å². The minimum atomic E-state index is 0.316. The second kappa shape index (κ2) is 10.5. The van der Waals surface area contributed by atoms with E-state index in [1.54, 1.807) is 0 Å². The molecule has 0 atom stereocenters. The number of rotatable bonds is 9. The Morgan fingerprint density at radius 1 is 0.960 bits per heavy atom. The maximum absolute atomic E-state index is 5.86. The van der Waals surface area contributed by atoms with E-state index < -0.39 is 0 Å². The number of hydrogen-bond donors (Lipinski definition) is 2. The van der Waals surface area contributed by atoms with E-state index in [1.807, 2.05) is 0 Å². The number of hydrogen-bond acceptors (Lipinski definition) is 2. The second-order valence-corrected chi connectivity index (χ2v) is 6.60. The summed E-state index contributed by atoms with van der Waals surface area (Å²) in [5, 5.41) is 3.12. The van der Waals surface area contributed by atoms with Crippen LogP contribution in [0.4, 0.5) is 0 Å². The summed E-state index contributed by atoms with van der Waals surface area (Å²) in [5.41, 5.74) is 8.54. The molecule has 2 rings (SSSR count). The summed E-state index contributed by atoms with van der Waals surface area (Å²) in [6.45, 7) is 7.74. The molecule has 0 aromatic heterocycles. The van der Waals surface area contributed by atoms with Crippen molar-refractivity contribution in [2.24, 2.45) is 10.7 Å². The third kappa shape index (κ3) is 7.86. The van der Waals surface area contributed by atoms with Gasteiger partial charge in [0.2, 0.25) is 0 Å². The number of guanidine groups is 1. The smallest absolute Gasteiger partial charge is 0.188 e. The van der Waals surface area contributed by atoms with E-state index in [-0.39, 0.29) is 0 Å². The molecule has 0 fully saturated rings. The SMILES string of the molecule is CC(C)NC(N)=NCCCN(Cc1ccccc1)Cc1ccccc1. The molecule has 0 radical (unpaired) electrons. The van der Waals surface area contributed by atoms with Gasteiger partial charge in [0.05, 0.1) is 0 Å². The lowest BCUT2D eigenvalue weighted by Crippen LogP contribution is -2.37. The zero-order valence-corrected chi connectivity index (χ0v) is 15.4. The molecule has 0 amide bonds. The van der Waals surface area contributed by atoms with E-state index in [2.05, 4.69) is 89.7 Å². The van der Waals surface area contributed by atoms with Crippen molar-refractivity contribution in [2.45, 2.75) is 39.4 Å². The van der Waals surface area contributed by atoms with Gasteiger partial charge >= 0.3 is 0 Å². The molecular formula is C21H30N4. The van der Waals surface area contributed by atoms with Gasteiger partial charge in [-0.2, -0.15) is 0 Å².